The minimum atomic E-state index is -2.07. The first-order valence-corrected chi connectivity index (χ1v) is 4.05. The molecule has 0 aliphatic rings. The van der Waals surface area contributed by atoms with Crippen LogP contribution >= 0.6 is 0 Å². The number of carbonyl (C=O) groups excluding carboxylic acids is 2. The zero-order valence-corrected chi connectivity index (χ0v) is 8.50. The van der Waals surface area contributed by atoms with Gasteiger partial charge in [-0.3, -0.25) is 9.59 Å². The van der Waals surface area contributed by atoms with Crippen LogP contribution in [-0.2, 0) is 28.7 Å². The first-order valence-electron chi connectivity index (χ1n) is 4.05. The molecule has 0 fully saturated rings. The van der Waals surface area contributed by atoms with E-state index in [4.69, 9.17) is 10.2 Å². The van der Waals surface area contributed by atoms with Gasteiger partial charge in [0.05, 0.1) is 0 Å². The van der Waals surface area contributed by atoms with Gasteiger partial charge in [0, 0.05) is 13.8 Å². The fourth-order valence-corrected chi connectivity index (χ4v) is 0.841. The molecule has 8 nitrogen and oxygen atoms in total. The highest BCUT2D eigenvalue weighted by molar-refractivity contribution is 5.87. The van der Waals surface area contributed by atoms with E-state index in [9.17, 15) is 19.2 Å². The standard InChI is InChI=1S/C8H10O8/c1-3(9)15-5(7(11)12)6(8(13)14)16-4(2)10/h5-6H,1-2H3,(H,11,12)(H,13,14)/t5-,6+. The van der Waals surface area contributed by atoms with E-state index >= 15 is 0 Å². The van der Waals surface area contributed by atoms with Crippen molar-refractivity contribution in [3.05, 3.63) is 0 Å². The zero-order valence-electron chi connectivity index (χ0n) is 8.50. The van der Waals surface area contributed by atoms with Crippen LogP contribution in [-0.4, -0.2) is 46.3 Å². The number of hydrogen-bond acceptors (Lipinski definition) is 6. The van der Waals surface area contributed by atoms with Crippen molar-refractivity contribution in [1.29, 1.82) is 0 Å². The van der Waals surface area contributed by atoms with Gasteiger partial charge in [-0.25, -0.2) is 9.59 Å². The molecule has 90 valence electrons. The number of carboxylic acids is 2. The summed E-state index contributed by atoms with van der Waals surface area (Å²) in [4.78, 5) is 42.4. The summed E-state index contributed by atoms with van der Waals surface area (Å²) in [5.41, 5.74) is 0. The third kappa shape index (κ3) is 4.40. The van der Waals surface area contributed by atoms with Gasteiger partial charge in [0.15, 0.2) is 0 Å². The topological polar surface area (TPSA) is 127 Å². The van der Waals surface area contributed by atoms with Crippen LogP contribution in [0.25, 0.3) is 0 Å². The van der Waals surface area contributed by atoms with Crippen LogP contribution in [0, 0.1) is 0 Å². The molecule has 0 aliphatic heterocycles. The molecule has 0 amide bonds. The van der Waals surface area contributed by atoms with Crippen LogP contribution in [0.2, 0.25) is 0 Å². The fourth-order valence-electron chi connectivity index (χ4n) is 0.841. The molecule has 0 saturated heterocycles. The van der Waals surface area contributed by atoms with Crippen LogP contribution in [0.4, 0.5) is 0 Å². The normalized spacial score (nSPS) is 13.4. The zero-order chi connectivity index (χ0) is 12.9. The van der Waals surface area contributed by atoms with Crippen molar-refractivity contribution in [2.45, 2.75) is 26.1 Å². The maximum atomic E-state index is 10.6. The van der Waals surface area contributed by atoms with E-state index in [0.717, 1.165) is 13.8 Å². The van der Waals surface area contributed by atoms with Crippen LogP contribution in [0.5, 0.6) is 0 Å². The maximum absolute atomic E-state index is 10.6. The lowest BCUT2D eigenvalue weighted by atomic mass is 10.2. The molecule has 16 heavy (non-hydrogen) atoms. The molecule has 0 heterocycles. The molecular formula is C8H10O8. The molecule has 0 rings (SSSR count). The average molecular weight is 234 g/mol. The second-order valence-electron chi connectivity index (χ2n) is 2.74. The highest BCUT2D eigenvalue weighted by atomic mass is 16.6. The molecular weight excluding hydrogens is 224 g/mol. The van der Waals surface area contributed by atoms with Crippen molar-refractivity contribution in [2.75, 3.05) is 0 Å². The van der Waals surface area contributed by atoms with E-state index in [1.54, 1.807) is 0 Å². The van der Waals surface area contributed by atoms with Gasteiger partial charge in [-0.2, -0.15) is 0 Å². The van der Waals surface area contributed by atoms with Crippen molar-refractivity contribution in [1.82, 2.24) is 0 Å². The van der Waals surface area contributed by atoms with Gasteiger partial charge < -0.3 is 19.7 Å². The molecule has 0 aromatic rings. The summed E-state index contributed by atoms with van der Waals surface area (Å²) >= 11 is 0. The van der Waals surface area contributed by atoms with Gasteiger partial charge in [0.25, 0.3) is 0 Å². The number of carbonyl (C=O) groups is 4. The van der Waals surface area contributed by atoms with Gasteiger partial charge in [-0.05, 0) is 0 Å². The quantitative estimate of drug-likeness (QED) is 0.581. The molecule has 0 unspecified atom stereocenters. The van der Waals surface area contributed by atoms with Crippen molar-refractivity contribution in [2.24, 2.45) is 0 Å². The molecule has 0 aromatic heterocycles. The number of ether oxygens (including phenoxy) is 2. The Bertz CT molecular complexity index is 288. The third-order valence-electron chi connectivity index (χ3n) is 1.35. The minimum Gasteiger partial charge on any atom is -0.478 e. The summed E-state index contributed by atoms with van der Waals surface area (Å²) < 4.78 is 8.48. The van der Waals surface area contributed by atoms with Crippen molar-refractivity contribution < 1.29 is 38.9 Å². The summed E-state index contributed by atoms with van der Waals surface area (Å²) in [7, 11) is 0. The highest BCUT2D eigenvalue weighted by Gasteiger charge is 2.39. The van der Waals surface area contributed by atoms with Crippen LogP contribution in [0.1, 0.15) is 13.8 Å². The lowest BCUT2D eigenvalue weighted by molar-refractivity contribution is -0.185. The Balaban J connectivity index is 4.93. The molecule has 0 radical (unpaired) electrons. The summed E-state index contributed by atoms with van der Waals surface area (Å²) in [5, 5.41) is 17.2. The molecule has 0 aromatic carbocycles. The van der Waals surface area contributed by atoms with E-state index in [-0.39, 0.29) is 0 Å². The summed E-state index contributed by atoms with van der Waals surface area (Å²) in [5.74, 6) is -5.43. The van der Waals surface area contributed by atoms with E-state index in [1.165, 1.54) is 0 Å². The summed E-state index contributed by atoms with van der Waals surface area (Å²) in [6, 6.07) is 0. The fraction of sp³-hybridized carbons (Fsp3) is 0.500. The lowest BCUT2D eigenvalue weighted by Gasteiger charge is -2.19. The number of aliphatic carboxylic acids is 2. The van der Waals surface area contributed by atoms with Crippen LogP contribution in [0.15, 0.2) is 0 Å². The molecule has 0 bridgehead atoms. The summed E-state index contributed by atoms with van der Waals surface area (Å²) in [6.07, 6.45) is -4.14. The van der Waals surface area contributed by atoms with E-state index in [0.29, 0.717) is 0 Å². The van der Waals surface area contributed by atoms with Gasteiger partial charge in [-0.15, -0.1) is 0 Å². The monoisotopic (exact) mass is 234 g/mol. The first-order chi connectivity index (χ1) is 7.25. The van der Waals surface area contributed by atoms with E-state index in [1.807, 2.05) is 0 Å². The average Bonchev–Trinajstić information content (AvgIpc) is 2.09. The Labute approximate surface area is 89.8 Å². The second-order valence-corrected chi connectivity index (χ2v) is 2.74. The smallest absolute Gasteiger partial charge is 0.349 e. The van der Waals surface area contributed by atoms with Gasteiger partial charge in [0.2, 0.25) is 12.2 Å². The third-order valence-corrected chi connectivity index (χ3v) is 1.35. The molecule has 8 heteroatoms. The second kappa shape index (κ2) is 5.69. The molecule has 0 spiro atoms. The van der Waals surface area contributed by atoms with Gasteiger partial charge >= 0.3 is 23.9 Å². The molecule has 2 N–H and O–H groups in total. The Morgan fingerprint density at radius 2 is 1.06 bits per heavy atom. The molecule has 0 saturated carbocycles. The maximum Gasteiger partial charge on any atom is 0.349 e. The van der Waals surface area contributed by atoms with Crippen LogP contribution in [0.3, 0.4) is 0 Å². The first kappa shape index (κ1) is 13.9. The Morgan fingerprint density at radius 3 is 1.19 bits per heavy atom. The highest BCUT2D eigenvalue weighted by Crippen LogP contribution is 2.07. The van der Waals surface area contributed by atoms with Crippen molar-refractivity contribution >= 4 is 23.9 Å². The van der Waals surface area contributed by atoms with E-state index < -0.39 is 36.1 Å². The predicted octanol–water partition coefficient (Wildman–Crippen LogP) is -0.981. The minimum absolute atomic E-state index is 0.905. The predicted molar refractivity (Wildman–Crippen MR) is 46.4 cm³/mol. The molecule has 2 atom stereocenters. The Morgan fingerprint density at radius 1 is 0.812 bits per heavy atom. The Hall–Kier alpha value is -2.12. The van der Waals surface area contributed by atoms with Crippen molar-refractivity contribution in [3.8, 4) is 0 Å². The number of carboxylic acid groups (broad SMARTS) is 2. The van der Waals surface area contributed by atoms with E-state index in [2.05, 4.69) is 9.47 Å². The van der Waals surface area contributed by atoms with Gasteiger partial charge in [-0.1, -0.05) is 0 Å². The molecule has 0 aliphatic carbocycles. The summed E-state index contributed by atoms with van der Waals surface area (Å²) in [6.45, 7) is 1.81. The van der Waals surface area contributed by atoms with Gasteiger partial charge in [0.1, 0.15) is 0 Å². The van der Waals surface area contributed by atoms with Crippen LogP contribution < -0.4 is 0 Å². The largest absolute Gasteiger partial charge is 0.478 e. The SMILES string of the molecule is CC(=O)O[C@H](C(=O)O)[C@@H](OC(C)=O)C(=O)O. The van der Waals surface area contributed by atoms with Crippen molar-refractivity contribution in [3.63, 3.8) is 0 Å². The Kier molecular flexibility index (Phi) is 4.93. The lowest BCUT2D eigenvalue weighted by Crippen LogP contribution is -2.45. The number of esters is 2. The number of hydrogen-bond donors (Lipinski definition) is 2. The number of rotatable bonds is 5.